The van der Waals surface area contributed by atoms with E-state index in [1.807, 2.05) is 0 Å². The van der Waals surface area contributed by atoms with Gasteiger partial charge in [-0.25, -0.2) is 4.79 Å². The Hall–Kier alpha value is -1.10. The van der Waals surface area contributed by atoms with Crippen LogP contribution in [-0.2, 0) is 14.3 Å². The molecule has 0 fully saturated rings. The Kier molecular flexibility index (Phi) is 5.06. The molecule has 13 heavy (non-hydrogen) atoms. The van der Waals surface area contributed by atoms with Gasteiger partial charge in [-0.2, -0.15) is 0 Å². The summed E-state index contributed by atoms with van der Waals surface area (Å²) >= 11 is 0. The van der Waals surface area contributed by atoms with Gasteiger partial charge >= 0.3 is 5.97 Å². The zero-order chi connectivity index (χ0) is 10.4. The first-order valence-electron chi connectivity index (χ1n) is 4.16. The monoisotopic (exact) mass is 188 g/mol. The smallest absolute Gasteiger partial charge is 0.328 e. The number of carbonyl (C=O) groups excluding carboxylic acids is 2. The summed E-state index contributed by atoms with van der Waals surface area (Å²) in [6.45, 7) is 3.35. The van der Waals surface area contributed by atoms with Gasteiger partial charge in [0, 0.05) is 0 Å². The largest absolute Gasteiger partial charge is 0.467 e. The van der Waals surface area contributed by atoms with Gasteiger partial charge < -0.3 is 15.8 Å². The number of esters is 1. The average molecular weight is 188 g/mol. The molecule has 0 bridgehead atoms. The van der Waals surface area contributed by atoms with E-state index in [1.165, 1.54) is 7.11 Å². The molecule has 0 saturated carbocycles. The van der Waals surface area contributed by atoms with Crippen molar-refractivity contribution >= 4 is 11.9 Å². The minimum Gasteiger partial charge on any atom is -0.467 e. The fourth-order valence-corrected chi connectivity index (χ4v) is 0.742. The van der Waals surface area contributed by atoms with E-state index in [1.54, 1.807) is 13.8 Å². The quantitative estimate of drug-likeness (QED) is 0.577. The van der Waals surface area contributed by atoms with Crippen molar-refractivity contribution < 1.29 is 14.3 Å². The summed E-state index contributed by atoms with van der Waals surface area (Å²) in [4.78, 5) is 22.0. The van der Waals surface area contributed by atoms with Crippen LogP contribution in [-0.4, -0.2) is 31.1 Å². The highest BCUT2D eigenvalue weighted by Gasteiger charge is 2.18. The second kappa shape index (κ2) is 5.53. The van der Waals surface area contributed by atoms with Crippen molar-refractivity contribution in [2.45, 2.75) is 32.4 Å². The highest BCUT2D eigenvalue weighted by molar-refractivity contribution is 5.87. The number of ether oxygens (including phenoxy) is 1. The number of rotatable bonds is 4. The minimum atomic E-state index is -0.643. The highest BCUT2D eigenvalue weighted by atomic mass is 16.5. The van der Waals surface area contributed by atoms with E-state index < -0.39 is 18.1 Å². The Balaban J connectivity index is 3.98. The molecule has 0 aliphatic rings. The molecule has 0 saturated heterocycles. The second-order valence-corrected chi connectivity index (χ2v) is 2.77. The molecule has 0 aromatic rings. The van der Waals surface area contributed by atoms with Crippen molar-refractivity contribution in [1.29, 1.82) is 0 Å². The number of carbonyl (C=O) groups is 2. The van der Waals surface area contributed by atoms with Crippen LogP contribution in [0.2, 0.25) is 0 Å². The summed E-state index contributed by atoms with van der Waals surface area (Å²) in [5.74, 6) is -0.808. The summed E-state index contributed by atoms with van der Waals surface area (Å²) < 4.78 is 4.43. The minimum absolute atomic E-state index is 0.333. The fourth-order valence-electron chi connectivity index (χ4n) is 0.742. The van der Waals surface area contributed by atoms with Crippen LogP contribution in [0.25, 0.3) is 0 Å². The van der Waals surface area contributed by atoms with Crippen LogP contribution in [0.4, 0.5) is 0 Å². The van der Waals surface area contributed by atoms with Gasteiger partial charge in [0.1, 0.15) is 6.04 Å². The lowest BCUT2D eigenvalue weighted by Crippen LogP contribution is -2.47. The third-order valence-electron chi connectivity index (χ3n) is 1.69. The standard InChI is InChI=1S/C8H16N2O3/c1-4-6(9)7(11)10-5(2)8(12)13-3/h5-6H,4,9H2,1-3H3,(H,10,11)/t5-,6?/m0/s1. The molecule has 3 N–H and O–H groups in total. The van der Waals surface area contributed by atoms with Gasteiger partial charge in [0.05, 0.1) is 13.2 Å². The predicted molar refractivity (Wildman–Crippen MR) is 47.9 cm³/mol. The van der Waals surface area contributed by atoms with Gasteiger partial charge in [-0.3, -0.25) is 4.79 Å². The number of amides is 1. The van der Waals surface area contributed by atoms with E-state index in [9.17, 15) is 9.59 Å². The molecule has 0 rings (SSSR count). The Labute approximate surface area is 77.6 Å². The molecule has 0 radical (unpaired) electrons. The molecule has 2 atom stereocenters. The number of hydrogen-bond acceptors (Lipinski definition) is 4. The summed E-state index contributed by atoms with van der Waals surface area (Å²) in [6.07, 6.45) is 0.541. The first kappa shape index (κ1) is 11.9. The lowest BCUT2D eigenvalue weighted by atomic mass is 10.2. The van der Waals surface area contributed by atoms with Crippen molar-refractivity contribution in [3.63, 3.8) is 0 Å². The molecule has 1 unspecified atom stereocenters. The van der Waals surface area contributed by atoms with Crippen LogP contribution < -0.4 is 11.1 Å². The first-order valence-corrected chi connectivity index (χ1v) is 4.16. The van der Waals surface area contributed by atoms with Crippen LogP contribution in [0.5, 0.6) is 0 Å². The van der Waals surface area contributed by atoms with Crippen LogP contribution in [0.1, 0.15) is 20.3 Å². The Morgan fingerprint density at radius 3 is 2.46 bits per heavy atom. The maximum Gasteiger partial charge on any atom is 0.328 e. The Bertz CT molecular complexity index is 194. The summed E-state index contributed by atoms with van der Waals surface area (Å²) in [7, 11) is 1.27. The molecule has 5 nitrogen and oxygen atoms in total. The molecule has 0 aromatic carbocycles. The molecule has 0 aliphatic carbocycles. The molecule has 0 aliphatic heterocycles. The summed E-state index contributed by atoms with van der Waals surface area (Å²) in [5, 5.41) is 2.44. The van der Waals surface area contributed by atoms with E-state index in [0.29, 0.717) is 6.42 Å². The lowest BCUT2D eigenvalue weighted by molar-refractivity contribution is -0.144. The van der Waals surface area contributed by atoms with E-state index >= 15 is 0 Å². The molecule has 76 valence electrons. The Morgan fingerprint density at radius 1 is 1.54 bits per heavy atom. The number of hydrogen-bond donors (Lipinski definition) is 2. The van der Waals surface area contributed by atoms with E-state index in [4.69, 9.17) is 5.73 Å². The van der Waals surface area contributed by atoms with E-state index in [-0.39, 0.29) is 5.91 Å². The van der Waals surface area contributed by atoms with Gasteiger partial charge in [-0.15, -0.1) is 0 Å². The third-order valence-corrected chi connectivity index (χ3v) is 1.69. The normalized spacial score (nSPS) is 14.5. The lowest BCUT2D eigenvalue weighted by Gasteiger charge is -2.14. The van der Waals surface area contributed by atoms with Gasteiger partial charge in [-0.1, -0.05) is 6.92 Å². The topological polar surface area (TPSA) is 81.4 Å². The zero-order valence-electron chi connectivity index (χ0n) is 8.16. The van der Waals surface area contributed by atoms with Gasteiger partial charge in [-0.05, 0) is 13.3 Å². The highest BCUT2D eigenvalue weighted by Crippen LogP contribution is 1.90. The zero-order valence-corrected chi connectivity index (χ0v) is 8.16. The first-order chi connectivity index (χ1) is 6.02. The summed E-state index contributed by atoms with van der Waals surface area (Å²) in [5.41, 5.74) is 5.44. The van der Waals surface area contributed by atoms with Crippen LogP contribution in [0.15, 0.2) is 0 Å². The number of nitrogens with one attached hydrogen (secondary N) is 1. The molecular weight excluding hydrogens is 172 g/mol. The molecule has 5 heteroatoms. The van der Waals surface area contributed by atoms with Crippen LogP contribution >= 0.6 is 0 Å². The molecule has 1 amide bonds. The van der Waals surface area contributed by atoms with Gasteiger partial charge in [0.25, 0.3) is 0 Å². The van der Waals surface area contributed by atoms with Crippen molar-refractivity contribution in [3.8, 4) is 0 Å². The van der Waals surface area contributed by atoms with Crippen molar-refractivity contribution in [1.82, 2.24) is 5.32 Å². The Morgan fingerprint density at radius 2 is 2.08 bits per heavy atom. The average Bonchev–Trinajstić information content (AvgIpc) is 2.14. The van der Waals surface area contributed by atoms with E-state index in [0.717, 1.165) is 0 Å². The van der Waals surface area contributed by atoms with Crippen molar-refractivity contribution in [2.75, 3.05) is 7.11 Å². The molecule has 0 aromatic heterocycles. The van der Waals surface area contributed by atoms with Crippen molar-refractivity contribution in [3.05, 3.63) is 0 Å². The number of methoxy groups -OCH3 is 1. The molecule has 0 spiro atoms. The predicted octanol–water partition coefficient (Wildman–Crippen LogP) is -0.599. The van der Waals surface area contributed by atoms with E-state index in [2.05, 4.69) is 10.1 Å². The van der Waals surface area contributed by atoms with Gasteiger partial charge in [0.2, 0.25) is 5.91 Å². The number of nitrogens with two attached hydrogens (primary N) is 1. The van der Waals surface area contributed by atoms with Gasteiger partial charge in [0.15, 0.2) is 0 Å². The molecule has 0 heterocycles. The van der Waals surface area contributed by atoms with Crippen molar-refractivity contribution in [2.24, 2.45) is 5.73 Å². The van der Waals surface area contributed by atoms with Crippen LogP contribution in [0, 0.1) is 0 Å². The maximum absolute atomic E-state index is 11.2. The third kappa shape index (κ3) is 3.89. The van der Waals surface area contributed by atoms with Crippen LogP contribution in [0.3, 0.4) is 0 Å². The SMILES string of the molecule is CCC(N)C(=O)N[C@@H](C)C(=O)OC. The second-order valence-electron chi connectivity index (χ2n) is 2.77. The summed E-state index contributed by atoms with van der Waals surface area (Å²) in [6, 6.07) is -1.21. The maximum atomic E-state index is 11.2. The molecular formula is C8H16N2O3. The fraction of sp³-hybridized carbons (Fsp3) is 0.750.